The Balaban J connectivity index is 1.82. The van der Waals surface area contributed by atoms with Gasteiger partial charge in [0.25, 0.3) is 0 Å². The molecule has 0 N–H and O–H groups in total. The van der Waals surface area contributed by atoms with Gasteiger partial charge >= 0.3 is 0 Å². The molecule has 1 aliphatic carbocycles. The highest BCUT2D eigenvalue weighted by atomic mass is 32.2. The van der Waals surface area contributed by atoms with Crippen LogP contribution in [0.4, 0.5) is 4.39 Å². The van der Waals surface area contributed by atoms with Crippen LogP contribution in [0.1, 0.15) is 18.4 Å². The highest BCUT2D eigenvalue weighted by Crippen LogP contribution is 2.32. The zero-order valence-electron chi connectivity index (χ0n) is 10.8. The third kappa shape index (κ3) is 2.99. The minimum absolute atomic E-state index is 0.205. The first-order valence-electron chi connectivity index (χ1n) is 6.48. The molecule has 0 aromatic heterocycles. The summed E-state index contributed by atoms with van der Waals surface area (Å²) in [6.45, 7) is 0. The van der Waals surface area contributed by atoms with Gasteiger partial charge in [0.15, 0.2) is 5.78 Å². The number of hydrogen-bond acceptors (Lipinski definition) is 2. The largest absolute Gasteiger partial charge is 0.295 e. The fourth-order valence-electron chi connectivity index (χ4n) is 2.22. The average molecular weight is 284 g/mol. The molecule has 20 heavy (non-hydrogen) atoms. The van der Waals surface area contributed by atoms with Crippen molar-refractivity contribution in [2.45, 2.75) is 22.6 Å². The van der Waals surface area contributed by atoms with Crippen molar-refractivity contribution in [3.63, 3.8) is 0 Å². The molecule has 0 amide bonds. The Morgan fingerprint density at radius 2 is 1.75 bits per heavy atom. The van der Waals surface area contributed by atoms with Crippen molar-refractivity contribution in [2.24, 2.45) is 0 Å². The molecule has 100 valence electrons. The molecule has 0 unspecified atom stereocenters. The van der Waals surface area contributed by atoms with E-state index in [1.54, 1.807) is 30.0 Å². The lowest BCUT2D eigenvalue weighted by atomic mass is 10.1. The van der Waals surface area contributed by atoms with E-state index in [0.717, 1.165) is 27.3 Å². The molecular formula is C17H13FOS. The summed E-state index contributed by atoms with van der Waals surface area (Å²) in [5.74, 6) is -0.0192. The number of hydrogen-bond donors (Lipinski definition) is 0. The average Bonchev–Trinajstić information content (AvgIpc) is 2.89. The van der Waals surface area contributed by atoms with Gasteiger partial charge in [-0.05, 0) is 60.0 Å². The Bertz CT molecular complexity index is 674. The lowest BCUT2D eigenvalue weighted by Crippen LogP contribution is -1.82. The van der Waals surface area contributed by atoms with Crippen LogP contribution in [0.3, 0.4) is 0 Å². The zero-order chi connectivity index (χ0) is 13.9. The molecule has 1 nitrogen and oxygen atoms in total. The van der Waals surface area contributed by atoms with Gasteiger partial charge in [0.2, 0.25) is 0 Å². The van der Waals surface area contributed by atoms with Crippen LogP contribution in [-0.4, -0.2) is 5.78 Å². The van der Waals surface area contributed by atoms with Gasteiger partial charge in [0.1, 0.15) is 5.82 Å². The van der Waals surface area contributed by atoms with Crippen molar-refractivity contribution in [3.05, 3.63) is 66.0 Å². The van der Waals surface area contributed by atoms with E-state index in [-0.39, 0.29) is 11.6 Å². The van der Waals surface area contributed by atoms with Gasteiger partial charge in [-0.25, -0.2) is 4.39 Å². The molecule has 0 spiro atoms. The van der Waals surface area contributed by atoms with Gasteiger partial charge in [0, 0.05) is 16.2 Å². The van der Waals surface area contributed by atoms with E-state index in [4.69, 9.17) is 0 Å². The second-order valence-corrected chi connectivity index (χ2v) is 5.87. The zero-order valence-corrected chi connectivity index (χ0v) is 11.6. The standard InChI is InChI=1S/C17H13FOS/c18-14-5-8-16(9-6-14)20-17-3-1-2-12(11-17)13-4-7-15(19)10-13/h1-3,5-6,8-11H,4,7H2. The van der Waals surface area contributed by atoms with E-state index < -0.39 is 0 Å². The SMILES string of the molecule is O=C1C=C(c2cccc(Sc3ccc(F)cc3)c2)CC1. The van der Waals surface area contributed by atoms with Gasteiger partial charge in [-0.15, -0.1) is 0 Å². The Hall–Kier alpha value is -1.87. The van der Waals surface area contributed by atoms with E-state index in [9.17, 15) is 9.18 Å². The molecule has 1 aliphatic rings. The first kappa shape index (κ1) is 13.1. The molecule has 0 saturated heterocycles. The normalized spacial score (nSPS) is 14.4. The highest BCUT2D eigenvalue weighted by Gasteiger charge is 2.13. The Kier molecular flexibility index (Phi) is 3.70. The maximum atomic E-state index is 12.9. The molecule has 0 radical (unpaired) electrons. The van der Waals surface area contributed by atoms with Gasteiger partial charge < -0.3 is 0 Å². The lowest BCUT2D eigenvalue weighted by molar-refractivity contribution is -0.114. The molecule has 3 heteroatoms. The third-order valence-corrected chi connectivity index (χ3v) is 4.23. The molecule has 0 fully saturated rings. The number of rotatable bonds is 3. The summed E-state index contributed by atoms with van der Waals surface area (Å²) < 4.78 is 12.9. The smallest absolute Gasteiger partial charge is 0.156 e. The monoisotopic (exact) mass is 284 g/mol. The van der Waals surface area contributed by atoms with E-state index in [1.165, 1.54) is 12.1 Å². The maximum absolute atomic E-state index is 12.9. The number of allylic oxidation sites excluding steroid dienone is 2. The number of halogens is 1. The van der Waals surface area contributed by atoms with E-state index >= 15 is 0 Å². The summed E-state index contributed by atoms with van der Waals surface area (Å²) >= 11 is 1.59. The fourth-order valence-corrected chi connectivity index (χ4v) is 3.10. The minimum Gasteiger partial charge on any atom is -0.295 e. The number of ketones is 1. The molecule has 0 aliphatic heterocycles. The maximum Gasteiger partial charge on any atom is 0.156 e. The lowest BCUT2D eigenvalue weighted by Gasteiger charge is -2.06. The van der Waals surface area contributed by atoms with Crippen LogP contribution in [0.15, 0.2) is 64.4 Å². The van der Waals surface area contributed by atoms with Crippen molar-refractivity contribution >= 4 is 23.1 Å². The molecule has 2 aromatic rings. The summed E-state index contributed by atoms with van der Waals surface area (Å²) in [7, 11) is 0. The van der Waals surface area contributed by atoms with Crippen molar-refractivity contribution < 1.29 is 9.18 Å². The van der Waals surface area contributed by atoms with E-state index in [1.807, 2.05) is 18.2 Å². The van der Waals surface area contributed by atoms with Crippen LogP contribution in [0, 0.1) is 5.82 Å². The number of carbonyl (C=O) groups is 1. The molecular weight excluding hydrogens is 271 g/mol. The van der Waals surface area contributed by atoms with Crippen molar-refractivity contribution in [2.75, 3.05) is 0 Å². The first-order chi connectivity index (χ1) is 9.70. The molecule has 0 saturated carbocycles. The van der Waals surface area contributed by atoms with Crippen LogP contribution in [0.25, 0.3) is 5.57 Å². The van der Waals surface area contributed by atoms with Crippen LogP contribution >= 0.6 is 11.8 Å². The van der Waals surface area contributed by atoms with Crippen molar-refractivity contribution in [1.29, 1.82) is 0 Å². The predicted octanol–water partition coefficient (Wildman–Crippen LogP) is 4.72. The van der Waals surface area contributed by atoms with Gasteiger partial charge in [-0.1, -0.05) is 23.9 Å². The van der Waals surface area contributed by atoms with E-state index in [2.05, 4.69) is 6.07 Å². The first-order valence-corrected chi connectivity index (χ1v) is 7.30. The van der Waals surface area contributed by atoms with Crippen LogP contribution in [0.2, 0.25) is 0 Å². The van der Waals surface area contributed by atoms with Gasteiger partial charge in [-0.2, -0.15) is 0 Å². The summed E-state index contributed by atoms with van der Waals surface area (Å²) in [5.41, 5.74) is 2.21. The summed E-state index contributed by atoms with van der Waals surface area (Å²) in [4.78, 5) is 13.4. The van der Waals surface area contributed by atoms with Gasteiger partial charge in [0.05, 0.1) is 0 Å². The highest BCUT2D eigenvalue weighted by molar-refractivity contribution is 7.99. The van der Waals surface area contributed by atoms with Crippen molar-refractivity contribution in [3.8, 4) is 0 Å². The Morgan fingerprint density at radius 3 is 2.45 bits per heavy atom. The second kappa shape index (κ2) is 5.63. The summed E-state index contributed by atoms with van der Waals surface area (Å²) in [5, 5.41) is 0. The fraction of sp³-hybridized carbons (Fsp3) is 0.118. The molecule has 0 bridgehead atoms. The summed E-state index contributed by atoms with van der Waals surface area (Å²) in [6.07, 6.45) is 3.18. The van der Waals surface area contributed by atoms with Crippen LogP contribution in [0.5, 0.6) is 0 Å². The van der Waals surface area contributed by atoms with Crippen LogP contribution in [-0.2, 0) is 4.79 Å². The quantitative estimate of drug-likeness (QED) is 0.811. The number of benzene rings is 2. The van der Waals surface area contributed by atoms with Crippen molar-refractivity contribution in [1.82, 2.24) is 0 Å². The molecule has 0 atom stereocenters. The third-order valence-electron chi connectivity index (χ3n) is 3.23. The minimum atomic E-state index is -0.224. The Labute approximate surface area is 121 Å². The predicted molar refractivity (Wildman–Crippen MR) is 79.2 cm³/mol. The van der Waals surface area contributed by atoms with Gasteiger partial charge in [-0.3, -0.25) is 4.79 Å². The molecule has 2 aromatic carbocycles. The number of carbonyl (C=O) groups excluding carboxylic acids is 1. The Morgan fingerprint density at radius 1 is 0.950 bits per heavy atom. The molecule has 3 rings (SSSR count). The van der Waals surface area contributed by atoms with Crippen LogP contribution < -0.4 is 0 Å². The molecule has 0 heterocycles. The summed E-state index contributed by atoms with van der Waals surface area (Å²) in [6, 6.07) is 14.6. The second-order valence-electron chi connectivity index (χ2n) is 4.72. The van der Waals surface area contributed by atoms with E-state index in [0.29, 0.717) is 6.42 Å². The topological polar surface area (TPSA) is 17.1 Å².